The molecule has 98 valence electrons. The molecule has 18 heavy (non-hydrogen) atoms. The van der Waals surface area contributed by atoms with Gasteiger partial charge in [-0.15, -0.1) is 0 Å². The van der Waals surface area contributed by atoms with Gasteiger partial charge in [-0.1, -0.05) is 26.7 Å². The standard InChI is InChI=1S/C15H22N2O/c1-3-11(4-2)10-17-15(18)13-5-6-14-12(9-13)7-8-16-14/h5-6,9,11,16H,3-4,7-8,10H2,1-2H3,(H,17,18). The minimum atomic E-state index is 0.0524. The molecule has 2 rings (SSSR count). The maximum absolute atomic E-state index is 12.0. The van der Waals surface area contributed by atoms with Crippen LogP contribution in [-0.2, 0) is 6.42 Å². The lowest BCUT2D eigenvalue weighted by Gasteiger charge is -2.13. The number of carbonyl (C=O) groups excluding carboxylic acids is 1. The largest absolute Gasteiger partial charge is 0.384 e. The van der Waals surface area contributed by atoms with Gasteiger partial charge in [0.1, 0.15) is 0 Å². The van der Waals surface area contributed by atoms with Crippen LogP contribution in [0.2, 0.25) is 0 Å². The maximum atomic E-state index is 12.0. The molecule has 2 N–H and O–H groups in total. The molecule has 0 saturated heterocycles. The Labute approximate surface area is 109 Å². The Morgan fingerprint density at radius 2 is 2.17 bits per heavy atom. The van der Waals surface area contributed by atoms with Crippen molar-refractivity contribution in [2.24, 2.45) is 5.92 Å². The third-order valence-electron chi connectivity index (χ3n) is 3.78. The zero-order chi connectivity index (χ0) is 13.0. The zero-order valence-corrected chi connectivity index (χ0v) is 11.3. The summed E-state index contributed by atoms with van der Waals surface area (Å²) < 4.78 is 0. The number of nitrogens with one attached hydrogen (secondary N) is 2. The van der Waals surface area contributed by atoms with Gasteiger partial charge in [-0.2, -0.15) is 0 Å². The summed E-state index contributed by atoms with van der Waals surface area (Å²) in [5, 5.41) is 6.34. The number of carbonyl (C=O) groups is 1. The van der Waals surface area contributed by atoms with Gasteiger partial charge in [-0.3, -0.25) is 4.79 Å². The van der Waals surface area contributed by atoms with Crippen molar-refractivity contribution in [1.29, 1.82) is 0 Å². The quantitative estimate of drug-likeness (QED) is 0.838. The van der Waals surface area contributed by atoms with Crippen LogP contribution in [0.15, 0.2) is 18.2 Å². The Kier molecular flexibility index (Phi) is 4.24. The third-order valence-corrected chi connectivity index (χ3v) is 3.78. The van der Waals surface area contributed by atoms with E-state index in [0.29, 0.717) is 5.92 Å². The SMILES string of the molecule is CCC(CC)CNC(=O)c1ccc2c(c1)CCN2. The lowest BCUT2D eigenvalue weighted by Crippen LogP contribution is -2.28. The third kappa shape index (κ3) is 2.84. The molecule has 3 nitrogen and oxygen atoms in total. The van der Waals surface area contributed by atoms with Crippen LogP contribution < -0.4 is 10.6 Å². The van der Waals surface area contributed by atoms with Gasteiger partial charge in [-0.25, -0.2) is 0 Å². The molecule has 0 unspecified atom stereocenters. The summed E-state index contributed by atoms with van der Waals surface area (Å²) in [6, 6.07) is 5.92. The van der Waals surface area contributed by atoms with Gasteiger partial charge < -0.3 is 10.6 Å². The molecular formula is C15H22N2O. The fourth-order valence-corrected chi connectivity index (χ4v) is 2.36. The maximum Gasteiger partial charge on any atom is 0.251 e. The van der Waals surface area contributed by atoms with Crippen molar-refractivity contribution in [2.75, 3.05) is 18.4 Å². The van der Waals surface area contributed by atoms with Gasteiger partial charge in [0, 0.05) is 24.3 Å². The monoisotopic (exact) mass is 246 g/mol. The number of amides is 1. The van der Waals surface area contributed by atoms with Crippen molar-refractivity contribution < 1.29 is 4.79 Å². The Morgan fingerprint density at radius 1 is 1.39 bits per heavy atom. The van der Waals surface area contributed by atoms with Gasteiger partial charge in [0.05, 0.1) is 0 Å². The fourth-order valence-electron chi connectivity index (χ4n) is 2.36. The van der Waals surface area contributed by atoms with Crippen LogP contribution in [0, 0.1) is 5.92 Å². The van der Waals surface area contributed by atoms with Gasteiger partial charge in [0.2, 0.25) is 0 Å². The molecule has 0 aromatic heterocycles. The van der Waals surface area contributed by atoms with Crippen molar-refractivity contribution in [3.05, 3.63) is 29.3 Å². The van der Waals surface area contributed by atoms with E-state index in [2.05, 4.69) is 24.5 Å². The average molecular weight is 246 g/mol. The topological polar surface area (TPSA) is 41.1 Å². The highest BCUT2D eigenvalue weighted by Crippen LogP contribution is 2.22. The van der Waals surface area contributed by atoms with Crippen molar-refractivity contribution in [3.8, 4) is 0 Å². The molecule has 1 heterocycles. The molecule has 0 fully saturated rings. The van der Waals surface area contributed by atoms with Crippen LogP contribution in [0.1, 0.15) is 42.6 Å². The highest BCUT2D eigenvalue weighted by Gasteiger charge is 2.14. The van der Waals surface area contributed by atoms with Gasteiger partial charge in [0.15, 0.2) is 0 Å². The summed E-state index contributed by atoms with van der Waals surface area (Å²) >= 11 is 0. The molecule has 0 aliphatic carbocycles. The minimum Gasteiger partial charge on any atom is -0.384 e. The van der Waals surface area contributed by atoms with E-state index in [4.69, 9.17) is 0 Å². The van der Waals surface area contributed by atoms with Crippen LogP contribution in [0.5, 0.6) is 0 Å². The van der Waals surface area contributed by atoms with Crippen LogP contribution >= 0.6 is 0 Å². The Balaban J connectivity index is 1.97. The molecule has 0 spiro atoms. The number of hydrogen-bond acceptors (Lipinski definition) is 2. The Bertz CT molecular complexity index is 425. The Morgan fingerprint density at radius 3 is 2.89 bits per heavy atom. The molecule has 0 bridgehead atoms. The number of hydrogen-bond donors (Lipinski definition) is 2. The predicted octanol–water partition coefficient (Wildman–Crippen LogP) is 2.82. The van der Waals surface area contributed by atoms with Crippen molar-refractivity contribution in [3.63, 3.8) is 0 Å². The van der Waals surface area contributed by atoms with Crippen molar-refractivity contribution in [2.45, 2.75) is 33.1 Å². The summed E-state index contributed by atoms with van der Waals surface area (Å²) in [4.78, 5) is 12.0. The molecule has 1 aromatic rings. The first-order chi connectivity index (χ1) is 8.74. The minimum absolute atomic E-state index is 0.0524. The second kappa shape index (κ2) is 5.89. The van der Waals surface area contributed by atoms with E-state index in [0.717, 1.165) is 37.9 Å². The number of fused-ring (bicyclic) bond motifs is 1. The van der Waals surface area contributed by atoms with Gasteiger partial charge in [-0.05, 0) is 36.1 Å². The van der Waals surface area contributed by atoms with E-state index in [-0.39, 0.29) is 5.91 Å². The van der Waals surface area contributed by atoms with Crippen LogP contribution in [0.4, 0.5) is 5.69 Å². The molecule has 1 aliphatic rings. The van der Waals surface area contributed by atoms with E-state index in [1.54, 1.807) is 0 Å². The van der Waals surface area contributed by atoms with E-state index >= 15 is 0 Å². The molecule has 1 aromatic carbocycles. The van der Waals surface area contributed by atoms with Crippen LogP contribution in [-0.4, -0.2) is 19.0 Å². The summed E-state index contributed by atoms with van der Waals surface area (Å²) in [6.45, 7) is 6.10. The van der Waals surface area contributed by atoms with E-state index in [9.17, 15) is 4.79 Å². The lowest BCUT2D eigenvalue weighted by molar-refractivity contribution is 0.0946. The van der Waals surface area contributed by atoms with Crippen LogP contribution in [0.25, 0.3) is 0 Å². The molecule has 0 atom stereocenters. The molecular weight excluding hydrogens is 224 g/mol. The second-order valence-corrected chi connectivity index (χ2v) is 4.94. The lowest BCUT2D eigenvalue weighted by atomic mass is 10.0. The van der Waals surface area contributed by atoms with Crippen LogP contribution in [0.3, 0.4) is 0 Å². The number of rotatable bonds is 5. The molecule has 0 saturated carbocycles. The van der Waals surface area contributed by atoms with Crippen molar-refractivity contribution in [1.82, 2.24) is 5.32 Å². The predicted molar refractivity (Wildman–Crippen MR) is 75.0 cm³/mol. The number of anilines is 1. The van der Waals surface area contributed by atoms with Crippen molar-refractivity contribution >= 4 is 11.6 Å². The van der Waals surface area contributed by atoms with E-state index in [1.165, 1.54) is 11.3 Å². The summed E-state index contributed by atoms with van der Waals surface area (Å²) in [5.74, 6) is 0.640. The zero-order valence-electron chi connectivity index (χ0n) is 11.3. The summed E-state index contributed by atoms with van der Waals surface area (Å²) in [7, 11) is 0. The van der Waals surface area contributed by atoms with E-state index < -0.39 is 0 Å². The Hall–Kier alpha value is -1.51. The first kappa shape index (κ1) is 12.9. The first-order valence-corrected chi connectivity index (χ1v) is 6.89. The molecule has 3 heteroatoms. The first-order valence-electron chi connectivity index (χ1n) is 6.89. The molecule has 1 aliphatic heterocycles. The summed E-state index contributed by atoms with van der Waals surface area (Å²) in [5.41, 5.74) is 3.21. The highest BCUT2D eigenvalue weighted by atomic mass is 16.1. The highest BCUT2D eigenvalue weighted by molar-refractivity contribution is 5.95. The normalized spacial score (nSPS) is 13.3. The van der Waals surface area contributed by atoms with Gasteiger partial charge in [0.25, 0.3) is 5.91 Å². The van der Waals surface area contributed by atoms with E-state index in [1.807, 2.05) is 18.2 Å². The van der Waals surface area contributed by atoms with Gasteiger partial charge >= 0.3 is 0 Å². The molecule has 0 radical (unpaired) electrons. The molecule has 1 amide bonds. The summed E-state index contributed by atoms with van der Waals surface area (Å²) in [6.07, 6.45) is 3.25. The fraction of sp³-hybridized carbons (Fsp3) is 0.533. The average Bonchev–Trinajstić information content (AvgIpc) is 2.86. The smallest absolute Gasteiger partial charge is 0.251 e. The number of benzene rings is 1. The second-order valence-electron chi connectivity index (χ2n) is 4.94.